The molecule has 0 radical (unpaired) electrons. The van der Waals surface area contributed by atoms with Crippen molar-refractivity contribution in [3.8, 4) is 0 Å². The summed E-state index contributed by atoms with van der Waals surface area (Å²) < 4.78 is 9.68. The van der Waals surface area contributed by atoms with E-state index in [4.69, 9.17) is 12.1 Å². The molecule has 0 saturated carbocycles. The van der Waals surface area contributed by atoms with E-state index >= 15 is 0 Å². The van der Waals surface area contributed by atoms with Crippen LogP contribution in [0.4, 0.5) is 0 Å². The summed E-state index contributed by atoms with van der Waals surface area (Å²) in [6.07, 6.45) is 0. The molecule has 4 N–H and O–H groups in total. The molecule has 0 unspecified atom stereocenters. The van der Waals surface area contributed by atoms with Gasteiger partial charge in [-0.15, -0.1) is 0 Å². The Labute approximate surface area is 92.5 Å². The predicted octanol–water partition coefficient (Wildman–Crippen LogP) is -0.140. The van der Waals surface area contributed by atoms with Crippen LogP contribution in [-0.2, 0) is 21.0 Å². The SMILES string of the molecule is COI(I)ONONON(C)ON. The van der Waals surface area contributed by atoms with Crippen LogP contribution >= 0.6 is 35.3 Å². The topological polar surface area (TPSA) is 99.5 Å². The first-order valence-electron chi connectivity index (χ1n) is 2.72. The molecule has 0 amide bonds. The van der Waals surface area contributed by atoms with Crippen molar-refractivity contribution in [3.63, 3.8) is 0 Å². The molecular formula is C2H10I2N4O5. The molecule has 0 heterocycles. The number of halogens is 2. The second kappa shape index (κ2) is 9.65. The second-order valence-electron chi connectivity index (χ2n) is 1.32. The first-order chi connectivity index (χ1) is 6.20. The summed E-state index contributed by atoms with van der Waals surface area (Å²) in [7, 11) is 2.95. The molecule has 0 aliphatic heterocycles. The van der Waals surface area contributed by atoms with Crippen LogP contribution in [0, 0.1) is 0 Å². The molecule has 9 nitrogen and oxygen atoms in total. The van der Waals surface area contributed by atoms with Crippen molar-refractivity contribution in [2.75, 3.05) is 14.2 Å². The number of nitrogens with two attached hydrogens (primary N) is 1. The molecule has 0 bridgehead atoms. The molecule has 0 aliphatic rings. The maximum absolute atomic E-state index is 4.85. The number of hydrogen-bond acceptors (Lipinski definition) is 9. The zero-order valence-electron chi connectivity index (χ0n) is 6.82. The Hall–Kier alpha value is 1.10. The van der Waals surface area contributed by atoms with Gasteiger partial charge in [-0.05, 0) is 0 Å². The number of rotatable bonds is 8. The minimum absolute atomic E-state index is 0.818. The van der Waals surface area contributed by atoms with Crippen molar-refractivity contribution < 1.29 is 21.0 Å². The average Bonchev–Trinajstić information content (AvgIpc) is 2.16. The van der Waals surface area contributed by atoms with Gasteiger partial charge in [0, 0.05) is 0 Å². The number of hydroxylamine groups is 2. The normalized spacial score (nSPS) is 12.2. The van der Waals surface area contributed by atoms with E-state index in [9.17, 15) is 0 Å². The third-order valence-electron chi connectivity index (χ3n) is 0.611. The molecule has 0 saturated heterocycles. The van der Waals surface area contributed by atoms with Crippen molar-refractivity contribution in [2.45, 2.75) is 0 Å². The summed E-state index contributed by atoms with van der Waals surface area (Å²) in [5.41, 5.74) is 4.06. The quantitative estimate of drug-likeness (QED) is 0.280. The Morgan fingerprint density at radius 2 is 2.15 bits per heavy atom. The fourth-order valence-electron chi connectivity index (χ4n) is 0.182. The van der Waals surface area contributed by atoms with Crippen LogP contribution in [0.25, 0.3) is 0 Å². The fourth-order valence-corrected chi connectivity index (χ4v) is 1.05. The van der Waals surface area contributed by atoms with E-state index in [2.05, 4.69) is 20.5 Å². The summed E-state index contributed by atoms with van der Waals surface area (Å²) in [5.74, 6) is 4.70. The molecule has 0 aromatic heterocycles. The van der Waals surface area contributed by atoms with E-state index in [0.29, 0.717) is 0 Å². The van der Waals surface area contributed by atoms with Gasteiger partial charge < -0.3 is 0 Å². The van der Waals surface area contributed by atoms with Gasteiger partial charge >= 0.3 is 92.9 Å². The monoisotopic (exact) mass is 424 g/mol. The van der Waals surface area contributed by atoms with Gasteiger partial charge in [-0.1, -0.05) is 0 Å². The summed E-state index contributed by atoms with van der Waals surface area (Å²) in [4.78, 5) is 12.9. The summed E-state index contributed by atoms with van der Waals surface area (Å²) in [6.45, 7) is 0. The fraction of sp³-hybridized carbons (Fsp3) is 1.00. The maximum atomic E-state index is 4.85. The zero-order valence-corrected chi connectivity index (χ0v) is 11.1. The summed E-state index contributed by atoms with van der Waals surface area (Å²) >= 11 is 0.183. The summed E-state index contributed by atoms with van der Waals surface area (Å²) in [6, 6.07) is 0. The Kier molecular flexibility index (Phi) is 10.5. The van der Waals surface area contributed by atoms with Crippen LogP contribution in [0.3, 0.4) is 0 Å². The van der Waals surface area contributed by atoms with Gasteiger partial charge in [-0.2, -0.15) is 0 Å². The van der Waals surface area contributed by atoms with E-state index in [1.165, 1.54) is 7.05 Å². The van der Waals surface area contributed by atoms with E-state index < -0.39 is 16.7 Å². The molecular weight excluding hydrogens is 414 g/mol. The van der Waals surface area contributed by atoms with Crippen molar-refractivity contribution in [3.05, 3.63) is 0 Å². The Morgan fingerprint density at radius 3 is 2.69 bits per heavy atom. The van der Waals surface area contributed by atoms with Crippen LogP contribution in [0.2, 0.25) is 0 Å². The number of nitrogens with zero attached hydrogens (tertiary/aromatic N) is 1. The zero-order chi connectivity index (χ0) is 10.1. The van der Waals surface area contributed by atoms with E-state index in [1.54, 1.807) is 7.11 Å². The standard InChI is InChI=1S/C2H10I2N4O5/c1-8(11-5)13-7-12-6-10-4(3)9-2/h6-7H,5H2,1-2H3. The third-order valence-corrected chi connectivity index (χ3v) is 5.18. The van der Waals surface area contributed by atoms with Crippen molar-refractivity contribution in [1.29, 1.82) is 0 Å². The van der Waals surface area contributed by atoms with E-state index in [1.807, 2.05) is 24.3 Å². The van der Waals surface area contributed by atoms with E-state index in [0.717, 1.165) is 5.23 Å². The van der Waals surface area contributed by atoms with Crippen LogP contribution in [-0.4, -0.2) is 19.4 Å². The molecule has 0 aromatic rings. The van der Waals surface area contributed by atoms with Gasteiger partial charge in [0.1, 0.15) is 0 Å². The van der Waals surface area contributed by atoms with Gasteiger partial charge in [0.15, 0.2) is 0 Å². The molecule has 0 aromatic carbocycles. The van der Waals surface area contributed by atoms with Crippen LogP contribution in [0.5, 0.6) is 0 Å². The Balaban J connectivity index is 3.08. The van der Waals surface area contributed by atoms with Crippen LogP contribution in [0.15, 0.2) is 0 Å². The molecule has 11 heteroatoms. The van der Waals surface area contributed by atoms with Crippen molar-refractivity contribution >= 4 is 35.3 Å². The molecule has 0 spiro atoms. The predicted molar refractivity (Wildman–Crippen MR) is 57.6 cm³/mol. The molecule has 0 fully saturated rings. The van der Waals surface area contributed by atoms with Crippen molar-refractivity contribution in [1.82, 2.24) is 16.5 Å². The molecule has 0 atom stereocenters. The summed E-state index contributed by atoms with van der Waals surface area (Å²) in [5, 5.41) is 0.818. The van der Waals surface area contributed by atoms with Gasteiger partial charge in [0.2, 0.25) is 0 Å². The average molecular weight is 424 g/mol. The van der Waals surface area contributed by atoms with E-state index in [-0.39, 0.29) is 0 Å². The number of nitrogens with one attached hydrogen (secondary N) is 2. The number of hydrogen-bond donors (Lipinski definition) is 3. The Morgan fingerprint density at radius 1 is 1.46 bits per heavy atom. The van der Waals surface area contributed by atoms with Crippen LogP contribution in [0.1, 0.15) is 0 Å². The van der Waals surface area contributed by atoms with Gasteiger partial charge in [0.05, 0.1) is 0 Å². The van der Waals surface area contributed by atoms with Crippen LogP contribution < -0.4 is 17.2 Å². The van der Waals surface area contributed by atoms with Gasteiger partial charge in [0.25, 0.3) is 0 Å². The minimum atomic E-state index is -1.84. The van der Waals surface area contributed by atoms with Crippen molar-refractivity contribution in [2.24, 2.45) is 5.90 Å². The molecule has 82 valence electrons. The first kappa shape index (κ1) is 14.1. The Bertz CT molecular complexity index is 109. The second-order valence-corrected chi connectivity index (χ2v) is 8.13. The van der Waals surface area contributed by atoms with Gasteiger partial charge in [-0.3, -0.25) is 0 Å². The molecule has 0 aliphatic carbocycles. The molecule has 13 heavy (non-hydrogen) atoms. The van der Waals surface area contributed by atoms with Gasteiger partial charge in [-0.25, -0.2) is 0 Å². The first-order valence-corrected chi connectivity index (χ1v) is 10.8. The third kappa shape index (κ3) is 9.41. The molecule has 0 rings (SSSR count).